The molecule has 1 aromatic carbocycles. The van der Waals surface area contributed by atoms with Gasteiger partial charge in [0.25, 0.3) is 5.91 Å². The maximum absolute atomic E-state index is 12.0. The highest BCUT2D eigenvalue weighted by Crippen LogP contribution is 2.10. The molecule has 0 bridgehead atoms. The number of nitrogens with one attached hydrogen (secondary N) is 1. The van der Waals surface area contributed by atoms with Crippen LogP contribution in [0.1, 0.15) is 16.8 Å². The Labute approximate surface area is 129 Å². The highest BCUT2D eigenvalue weighted by molar-refractivity contribution is 7.99. The minimum absolute atomic E-state index is 0.0446. The Kier molecular flexibility index (Phi) is 6.37. The molecule has 112 valence electrons. The Morgan fingerprint density at radius 1 is 1.14 bits per heavy atom. The predicted molar refractivity (Wildman–Crippen MR) is 87.1 cm³/mol. The van der Waals surface area contributed by atoms with E-state index in [9.17, 15) is 4.79 Å². The largest absolute Gasteiger partial charge is 0.396 e. The van der Waals surface area contributed by atoms with Crippen molar-refractivity contribution in [3.63, 3.8) is 0 Å². The zero-order valence-electron chi connectivity index (χ0n) is 11.9. The SMILES string of the molecule is O=C(NCCSCCCO)c1ccc(-n2cccc2)cc1. The van der Waals surface area contributed by atoms with Gasteiger partial charge in [-0.25, -0.2) is 0 Å². The molecule has 2 aromatic rings. The topological polar surface area (TPSA) is 54.3 Å². The standard InChI is InChI=1S/C16H20N2O2S/c19-11-3-12-21-13-8-17-16(20)14-4-6-15(7-5-14)18-9-1-2-10-18/h1-2,4-7,9-10,19H,3,8,11-13H2,(H,17,20). The third-order valence-electron chi connectivity index (χ3n) is 3.01. The number of hydrogen-bond acceptors (Lipinski definition) is 3. The number of aliphatic hydroxyl groups is 1. The minimum Gasteiger partial charge on any atom is -0.396 e. The molecule has 1 amide bonds. The van der Waals surface area contributed by atoms with E-state index in [2.05, 4.69) is 5.32 Å². The van der Waals surface area contributed by atoms with E-state index >= 15 is 0 Å². The third kappa shape index (κ3) is 4.95. The average Bonchev–Trinajstić information content (AvgIpc) is 3.05. The van der Waals surface area contributed by atoms with Gasteiger partial charge in [-0.05, 0) is 48.6 Å². The van der Waals surface area contributed by atoms with Crippen LogP contribution in [-0.4, -0.2) is 40.2 Å². The first kappa shape index (κ1) is 15.7. The van der Waals surface area contributed by atoms with Crippen LogP contribution in [0.5, 0.6) is 0 Å². The molecule has 1 aromatic heterocycles. The first-order valence-corrected chi connectivity index (χ1v) is 8.17. The summed E-state index contributed by atoms with van der Waals surface area (Å²) < 4.78 is 2.00. The van der Waals surface area contributed by atoms with Gasteiger partial charge < -0.3 is 15.0 Å². The zero-order valence-corrected chi connectivity index (χ0v) is 12.7. The van der Waals surface area contributed by atoms with E-state index < -0.39 is 0 Å². The van der Waals surface area contributed by atoms with Crippen LogP contribution in [0.25, 0.3) is 5.69 Å². The van der Waals surface area contributed by atoms with Gasteiger partial charge in [-0.2, -0.15) is 11.8 Å². The Bertz CT molecular complexity index is 538. The van der Waals surface area contributed by atoms with E-state index in [4.69, 9.17) is 5.11 Å². The van der Waals surface area contributed by atoms with E-state index in [1.54, 1.807) is 11.8 Å². The number of aromatic nitrogens is 1. The van der Waals surface area contributed by atoms with E-state index in [1.165, 1.54) is 0 Å². The second kappa shape index (κ2) is 8.54. The van der Waals surface area contributed by atoms with Crippen molar-refractivity contribution >= 4 is 17.7 Å². The number of rotatable bonds is 8. The van der Waals surface area contributed by atoms with Gasteiger partial charge in [0.15, 0.2) is 0 Å². The Balaban J connectivity index is 1.78. The number of carbonyl (C=O) groups is 1. The summed E-state index contributed by atoms with van der Waals surface area (Å²) in [6, 6.07) is 11.5. The predicted octanol–water partition coefficient (Wildman–Crippen LogP) is 2.32. The summed E-state index contributed by atoms with van der Waals surface area (Å²) in [6.07, 6.45) is 4.75. The van der Waals surface area contributed by atoms with E-state index in [1.807, 2.05) is 53.4 Å². The summed E-state index contributed by atoms with van der Waals surface area (Å²) in [5.74, 6) is 1.75. The van der Waals surface area contributed by atoms with Crippen LogP contribution in [0.4, 0.5) is 0 Å². The van der Waals surface area contributed by atoms with Gasteiger partial charge in [0.1, 0.15) is 0 Å². The maximum atomic E-state index is 12.0. The van der Waals surface area contributed by atoms with Gasteiger partial charge in [-0.1, -0.05) is 0 Å². The van der Waals surface area contributed by atoms with Gasteiger partial charge in [0, 0.05) is 42.5 Å². The highest BCUT2D eigenvalue weighted by Gasteiger charge is 2.04. The summed E-state index contributed by atoms with van der Waals surface area (Å²) in [5.41, 5.74) is 1.71. The van der Waals surface area contributed by atoms with Gasteiger partial charge in [-0.3, -0.25) is 4.79 Å². The summed E-state index contributed by atoms with van der Waals surface area (Å²) in [7, 11) is 0. The van der Waals surface area contributed by atoms with Crippen molar-refractivity contribution < 1.29 is 9.90 Å². The molecule has 0 radical (unpaired) electrons. The van der Waals surface area contributed by atoms with Crippen molar-refractivity contribution in [2.45, 2.75) is 6.42 Å². The smallest absolute Gasteiger partial charge is 0.251 e. The number of hydrogen-bond donors (Lipinski definition) is 2. The molecule has 0 aliphatic rings. The zero-order chi connectivity index (χ0) is 14.9. The van der Waals surface area contributed by atoms with Crippen molar-refractivity contribution in [2.24, 2.45) is 0 Å². The fourth-order valence-corrected chi connectivity index (χ4v) is 2.68. The number of carbonyl (C=O) groups excluding carboxylic acids is 1. The van der Waals surface area contributed by atoms with Crippen LogP contribution in [0.3, 0.4) is 0 Å². The van der Waals surface area contributed by atoms with Gasteiger partial charge in [-0.15, -0.1) is 0 Å². The Hall–Kier alpha value is -1.72. The first-order valence-electron chi connectivity index (χ1n) is 7.01. The van der Waals surface area contributed by atoms with Gasteiger partial charge in [0.2, 0.25) is 0 Å². The molecule has 0 aliphatic heterocycles. The van der Waals surface area contributed by atoms with E-state index in [0.717, 1.165) is 23.6 Å². The molecule has 0 spiro atoms. The molecule has 4 nitrogen and oxygen atoms in total. The van der Waals surface area contributed by atoms with E-state index in [-0.39, 0.29) is 12.5 Å². The summed E-state index contributed by atoms with van der Waals surface area (Å²) >= 11 is 1.74. The molecule has 0 saturated carbocycles. The van der Waals surface area contributed by atoms with Gasteiger partial charge >= 0.3 is 0 Å². The van der Waals surface area contributed by atoms with Crippen molar-refractivity contribution in [1.82, 2.24) is 9.88 Å². The molecular formula is C16H20N2O2S. The van der Waals surface area contributed by atoms with Crippen LogP contribution < -0.4 is 5.32 Å². The molecule has 0 saturated heterocycles. The Morgan fingerprint density at radius 3 is 2.52 bits per heavy atom. The Morgan fingerprint density at radius 2 is 1.86 bits per heavy atom. The van der Waals surface area contributed by atoms with Crippen LogP contribution in [0.15, 0.2) is 48.8 Å². The number of aliphatic hydroxyl groups excluding tert-OH is 1. The number of amides is 1. The molecule has 0 fully saturated rings. The molecule has 0 aliphatic carbocycles. The van der Waals surface area contributed by atoms with Crippen LogP contribution in [-0.2, 0) is 0 Å². The van der Waals surface area contributed by atoms with Gasteiger partial charge in [0.05, 0.1) is 0 Å². The second-order valence-corrected chi connectivity index (χ2v) is 5.81. The minimum atomic E-state index is -0.0446. The second-order valence-electron chi connectivity index (χ2n) is 4.58. The lowest BCUT2D eigenvalue weighted by Crippen LogP contribution is -2.25. The van der Waals surface area contributed by atoms with Crippen molar-refractivity contribution in [1.29, 1.82) is 0 Å². The maximum Gasteiger partial charge on any atom is 0.251 e. The van der Waals surface area contributed by atoms with E-state index in [0.29, 0.717) is 12.1 Å². The van der Waals surface area contributed by atoms with Crippen molar-refractivity contribution in [2.75, 3.05) is 24.7 Å². The molecule has 1 heterocycles. The summed E-state index contributed by atoms with van der Waals surface area (Å²) in [4.78, 5) is 12.0. The van der Waals surface area contributed by atoms with Crippen LogP contribution in [0, 0.1) is 0 Å². The highest BCUT2D eigenvalue weighted by atomic mass is 32.2. The number of benzene rings is 1. The number of nitrogens with zero attached hydrogens (tertiary/aromatic N) is 1. The van der Waals surface area contributed by atoms with Crippen molar-refractivity contribution in [3.8, 4) is 5.69 Å². The number of thioether (sulfide) groups is 1. The fourth-order valence-electron chi connectivity index (χ4n) is 1.90. The normalized spacial score (nSPS) is 10.5. The molecular weight excluding hydrogens is 284 g/mol. The lowest BCUT2D eigenvalue weighted by molar-refractivity contribution is 0.0956. The molecule has 5 heteroatoms. The summed E-state index contributed by atoms with van der Waals surface area (Å²) in [6.45, 7) is 0.876. The molecule has 2 N–H and O–H groups in total. The van der Waals surface area contributed by atoms with Crippen molar-refractivity contribution in [3.05, 3.63) is 54.4 Å². The monoisotopic (exact) mass is 304 g/mol. The quantitative estimate of drug-likeness (QED) is 0.736. The van der Waals surface area contributed by atoms with Crippen LogP contribution in [0.2, 0.25) is 0 Å². The summed E-state index contributed by atoms with van der Waals surface area (Å²) in [5, 5.41) is 11.6. The first-order chi connectivity index (χ1) is 10.3. The molecule has 21 heavy (non-hydrogen) atoms. The van der Waals surface area contributed by atoms with Crippen LogP contribution >= 0.6 is 11.8 Å². The average molecular weight is 304 g/mol. The lowest BCUT2D eigenvalue weighted by Gasteiger charge is -2.07. The molecule has 0 atom stereocenters. The lowest BCUT2D eigenvalue weighted by atomic mass is 10.2. The molecule has 2 rings (SSSR count). The third-order valence-corrected chi connectivity index (χ3v) is 4.08. The fraction of sp³-hybridized carbons (Fsp3) is 0.312. The molecule has 0 unspecified atom stereocenters.